The Hall–Kier alpha value is -3.87. The van der Waals surface area contributed by atoms with Gasteiger partial charge in [-0.05, 0) is 30.7 Å². The summed E-state index contributed by atoms with van der Waals surface area (Å²) in [5.74, 6) is -1.65. The summed E-state index contributed by atoms with van der Waals surface area (Å²) < 4.78 is 27.4. The first-order valence-electron chi connectivity index (χ1n) is 14.4. The third-order valence-electron chi connectivity index (χ3n) is 6.92. The van der Waals surface area contributed by atoms with Gasteiger partial charge in [0.2, 0.25) is 5.91 Å². The number of nitrogens with one attached hydrogen (secondary N) is 1. The highest BCUT2D eigenvalue weighted by molar-refractivity contribution is 5.96. The predicted molar refractivity (Wildman–Crippen MR) is 158 cm³/mol. The van der Waals surface area contributed by atoms with Crippen LogP contribution in [0, 0.1) is 12.3 Å². The molecule has 0 unspecified atom stereocenters. The Labute approximate surface area is 261 Å². The van der Waals surface area contributed by atoms with Crippen molar-refractivity contribution in [3.63, 3.8) is 0 Å². The molecule has 5 N–H and O–H groups in total. The SMILES string of the molecule is C#CCOCCOCCO[C@]1(C(=O)O)C[C@H](O)[C@@H](NC(C)=O)[C@H]([C@H](O)[C@H](O)CCC(=O)c2cccc(Oc3ccccc3)c2)O1. The zero-order valence-corrected chi connectivity index (χ0v) is 24.9. The van der Waals surface area contributed by atoms with Crippen LogP contribution in [0.5, 0.6) is 11.5 Å². The number of aliphatic hydroxyl groups is 3. The normalized spacial score (nSPS) is 22.5. The molecule has 0 bridgehead atoms. The minimum atomic E-state index is -2.43. The Morgan fingerprint density at radius 3 is 2.42 bits per heavy atom. The van der Waals surface area contributed by atoms with E-state index >= 15 is 0 Å². The molecule has 13 nitrogen and oxygen atoms in total. The molecule has 1 amide bonds. The molecule has 1 aliphatic rings. The number of para-hydroxylation sites is 1. The van der Waals surface area contributed by atoms with Crippen LogP contribution in [0.15, 0.2) is 54.6 Å². The lowest BCUT2D eigenvalue weighted by Gasteiger charge is -2.46. The predicted octanol–water partition coefficient (Wildman–Crippen LogP) is 1.28. The Morgan fingerprint density at radius 2 is 1.73 bits per heavy atom. The molecule has 0 saturated carbocycles. The number of rotatable bonds is 18. The average molecular weight is 630 g/mol. The molecule has 1 saturated heterocycles. The lowest BCUT2D eigenvalue weighted by molar-refractivity contribution is -0.312. The molecule has 3 rings (SSSR count). The van der Waals surface area contributed by atoms with Crippen LogP contribution in [0.3, 0.4) is 0 Å². The number of Topliss-reactive ketones (excluding diaryl/α,β-unsaturated/α-hetero) is 1. The van der Waals surface area contributed by atoms with Gasteiger partial charge in [-0.3, -0.25) is 9.59 Å². The van der Waals surface area contributed by atoms with Crippen molar-refractivity contribution in [2.75, 3.05) is 33.0 Å². The maximum absolute atomic E-state index is 12.9. The first-order chi connectivity index (χ1) is 21.6. The first kappa shape index (κ1) is 35.6. The van der Waals surface area contributed by atoms with Gasteiger partial charge in [-0.15, -0.1) is 6.42 Å². The van der Waals surface area contributed by atoms with E-state index in [0.29, 0.717) is 17.1 Å². The fourth-order valence-electron chi connectivity index (χ4n) is 4.74. The first-order valence-corrected chi connectivity index (χ1v) is 14.4. The van der Waals surface area contributed by atoms with E-state index in [1.54, 1.807) is 36.4 Å². The molecule has 45 heavy (non-hydrogen) atoms. The summed E-state index contributed by atoms with van der Waals surface area (Å²) in [5, 5.41) is 45.3. The number of carbonyl (C=O) groups excluding carboxylic acids is 2. The van der Waals surface area contributed by atoms with Gasteiger partial charge in [-0.25, -0.2) is 4.79 Å². The van der Waals surface area contributed by atoms with E-state index in [4.69, 9.17) is 30.1 Å². The van der Waals surface area contributed by atoms with Crippen molar-refractivity contribution in [3.05, 3.63) is 60.2 Å². The molecule has 6 atom stereocenters. The van der Waals surface area contributed by atoms with E-state index in [0.717, 1.165) is 0 Å². The van der Waals surface area contributed by atoms with E-state index in [2.05, 4.69) is 11.2 Å². The van der Waals surface area contributed by atoms with Gasteiger partial charge in [-0.1, -0.05) is 36.3 Å². The molecule has 0 spiro atoms. The van der Waals surface area contributed by atoms with Crippen LogP contribution in [0.1, 0.15) is 36.5 Å². The smallest absolute Gasteiger partial charge is 0.364 e. The maximum Gasteiger partial charge on any atom is 0.364 e. The van der Waals surface area contributed by atoms with Crippen LogP contribution < -0.4 is 10.1 Å². The van der Waals surface area contributed by atoms with E-state index in [-0.39, 0.29) is 51.7 Å². The number of carbonyl (C=O) groups is 3. The Bertz CT molecular complexity index is 1300. The molecule has 2 aromatic rings. The monoisotopic (exact) mass is 629 g/mol. The van der Waals surface area contributed by atoms with Crippen molar-refractivity contribution in [1.82, 2.24) is 5.32 Å². The van der Waals surface area contributed by atoms with Crippen molar-refractivity contribution in [3.8, 4) is 23.8 Å². The van der Waals surface area contributed by atoms with Gasteiger partial charge in [0.05, 0.1) is 44.7 Å². The van der Waals surface area contributed by atoms with Crippen LogP contribution in [0.25, 0.3) is 0 Å². The van der Waals surface area contributed by atoms with Gasteiger partial charge >= 0.3 is 5.97 Å². The molecule has 2 aromatic carbocycles. The second-order valence-electron chi connectivity index (χ2n) is 10.3. The molecule has 1 fully saturated rings. The highest BCUT2D eigenvalue weighted by Gasteiger charge is 2.55. The lowest BCUT2D eigenvalue weighted by Crippen LogP contribution is -2.67. The van der Waals surface area contributed by atoms with Crippen LogP contribution in [0.2, 0.25) is 0 Å². The van der Waals surface area contributed by atoms with Crippen LogP contribution in [0.4, 0.5) is 0 Å². The number of ether oxygens (including phenoxy) is 5. The Balaban J connectivity index is 1.65. The number of benzene rings is 2. The molecule has 1 heterocycles. The van der Waals surface area contributed by atoms with E-state index in [1.807, 2.05) is 18.2 Å². The lowest BCUT2D eigenvalue weighted by atomic mass is 9.87. The molecule has 0 radical (unpaired) electrons. The summed E-state index contributed by atoms with van der Waals surface area (Å²) in [6, 6.07) is 14.2. The summed E-state index contributed by atoms with van der Waals surface area (Å²) in [6.45, 7) is 1.33. The number of carboxylic acid groups (broad SMARTS) is 1. The van der Waals surface area contributed by atoms with Gasteiger partial charge in [-0.2, -0.15) is 0 Å². The summed E-state index contributed by atoms with van der Waals surface area (Å²) in [6.07, 6.45) is -2.56. The van der Waals surface area contributed by atoms with Crippen molar-refractivity contribution >= 4 is 17.7 Å². The highest BCUT2D eigenvalue weighted by Crippen LogP contribution is 2.34. The van der Waals surface area contributed by atoms with Gasteiger partial charge < -0.3 is 49.4 Å². The fraction of sp³-hybridized carbons (Fsp3) is 0.469. The maximum atomic E-state index is 12.9. The third kappa shape index (κ3) is 10.6. The molecule has 1 aliphatic heterocycles. The molecule has 0 aromatic heterocycles. The standard InChI is InChI=1S/C32H39NO12/c1-3-14-41-15-16-42-17-18-43-32(31(39)40)20-27(37)28(33-21(2)34)30(45-32)29(38)26(36)13-12-25(35)22-8-7-11-24(19-22)44-23-9-5-4-6-10-23/h1,4-11,19,26-30,36-38H,12-18,20H2,2H3,(H,33,34)(H,39,40)/t26-,27+,28-,29-,30-,32-/m1/s1. The Morgan fingerprint density at radius 1 is 1.04 bits per heavy atom. The molecule has 13 heteroatoms. The van der Waals surface area contributed by atoms with E-state index in [9.17, 15) is 34.8 Å². The number of hydrogen-bond donors (Lipinski definition) is 5. The zero-order chi connectivity index (χ0) is 32.8. The minimum absolute atomic E-state index is 0.0570. The topological polar surface area (TPSA) is 190 Å². The van der Waals surface area contributed by atoms with Crippen LogP contribution in [-0.4, -0.2) is 107 Å². The summed E-state index contributed by atoms with van der Waals surface area (Å²) in [4.78, 5) is 37.1. The molecule has 244 valence electrons. The number of ketones is 1. The summed E-state index contributed by atoms with van der Waals surface area (Å²) in [7, 11) is 0. The van der Waals surface area contributed by atoms with Gasteiger partial charge in [0.15, 0.2) is 5.78 Å². The molecule has 0 aliphatic carbocycles. The van der Waals surface area contributed by atoms with Gasteiger partial charge in [0, 0.05) is 25.3 Å². The van der Waals surface area contributed by atoms with Crippen molar-refractivity contribution in [2.24, 2.45) is 0 Å². The number of hydrogen-bond acceptors (Lipinski definition) is 11. The van der Waals surface area contributed by atoms with Crippen LogP contribution in [-0.2, 0) is 28.5 Å². The number of terminal acetylenes is 1. The number of aliphatic carboxylic acids is 1. The van der Waals surface area contributed by atoms with Crippen molar-refractivity contribution in [2.45, 2.75) is 62.4 Å². The largest absolute Gasteiger partial charge is 0.477 e. The van der Waals surface area contributed by atoms with Crippen molar-refractivity contribution in [1.29, 1.82) is 0 Å². The number of amides is 1. The van der Waals surface area contributed by atoms with E-state index in [1.165, 1.54) is 6.92 Å². The second-order valence-corrected chi connectivity index (χ2v) is 10.3. The fourth-order valence-corrected chi connectivity index (χ4v) is 4.74. The number of aliphatic hydroxyl groups excluding tert-OH is 3. The third-order valence-corrected chi connectivity index (χ3v) is 6.92. The van der Waals surface area contributed by atoms with Gasteiger partial charge in [0.1, 0.15) is 30.3 Å². The minimum Gasteiger partial charge on any atom is -0.477 e. The quantitative estimate of drug-likeness (QED) is 0.0904. The average Bonchev–Trinajstić information content (AvgIpc) is 3.02. The zero-order valence-electron chi connectivity index (χ0n) is 24.9. The molecular formula is C32H39NO12. The number of carboxylic acids is 1. The second kappa shape index (κ2) is 17.6. The van der Waals surface area contributed by atoms with E-state index < -0.39 is 54.5 Å². The van der Waals surface area contributed by atoms with Gasteiger partial charge in [0.25, 0.3) is 5.79 Å². The van der Waals surface area contributed by atoms with Crippen molar-refractivity contribution < 1.29 is 58.5 Å². The molecular weight excluding hydrogens is 590 g/mol. The summed E-state index contributed by atoms with van der Waals surface area (Å²) in [5.41, 5.74) is 0.314. The highest BCUT2D eigenvalue weighted by atomic mass is 16.7. The van der Waals surface area contributed by atoms with Crippen LogP contribution >= 0.6 is 0 Å². The Kier molecular flexibility index (Phi) is 13.9. The summed E-state index contributed by atoms with van der Waals surface area (Å²) >= 11 is 0.